The molecular formula is C13H12N4O4. The van der Waals surface area contributed by atoms with Crippen molar-refractivity contribution in [3.8, 4) is 17.2 Å². The van der Waals surface area contributed by atoms with Crippen LogP contribution in [-0.2, 0) is 0 Å². The van der Waals surface area contributed by atoms with Crippen molar-refractivity contribution in [3.63, 3.8) is 0 Å². The molecule has 0 aliphatic carbocycles. The largest absolute Gasteiger partial charge is 0.496 e. The average Bonchev–Trinajstić information content (AvgIpc) is 2.47. The highest BCUT2D eigenvalue weighted by atomic mass is 16.6. The first-order valence-corrected chi connectivity index (χ1v) is 5.82. The van der Waals surface area contributed by atoms with Crippen LogP contribution in [0.25, 0.3) is 0 Å². The number of rotatable bonds is 5. The maximum Gasteiger partial charge on any atom is 0.315 e. The Bertz CT molecular complexity index is 702. The maximum atomic E-state index is 11.1. The molecule has 0 saturated carbocycles. The monoisotopic (exact) mass is 288 g/mol. The summed E-state index contributed by atoms with van der Waals surface area (Å²) in [6.07, 6.45) is 1.45. The summed E-state index contributed by atoms with van der Waals surface area (Å²) in [7, 11) is 1.41. The van der Waals surface area contributed by atoms with Crippen LogP contribution in [0.5, 0.6) is 17.2 Å². The SMILES string of the molecule is COc1ccc(Oc2cccnc2C(=N)N)c([N+](=O)[O-])c1. The van der Waals surface area contributed by atoms with Crippen LogP contribution in [0.4, 0.5) is 5.69 Å². The van der Waals surface area contributed by atoms with Crippen LogP contribution >= 0.6 is 0 Å². The zero-order valence-corrected chi connectivity index (χ0v) is 11.1. The molecule has 0 spiro atoms. The van der Waals surface area contributed by atoms with Crippen molar-refractivity contribution in [2.75, 3.05) is 7.11 Å². The molecule has 3 N–H and O–H groups in total. The molecular weight excluding hydrogens is 276 g/mol. The van der Waals surface area contributed by atoms with Gasteiger partial charge in [0.2, 0.25) is 5.75 Å². The standard InChI is InChI=1S/C13H12N4O4/c1-20-8-4-5-10(9(7-8)17(18)19)21-11-3-2-6-16-12(11)13(14)15/h2-7H,1H3,(H3,14,15). The molecule has 8 heteroatoms. The van der Waals surface area contributed by atoms with Crippen LogP contribution in [0.15, 0.2) is 36.5 Å². The number of nitro benzene ring substituents is 1. The summed E-state index contributed by atoms with van der Waals surface area (Å²) in [6, 6.07) is 7.30. The van der Waals surface area contributed by atoms with Gasteiger partial charge in [-0.3, -0.25) is 15.5 Å². The van der Waals surface area contributed by atoms with Gasteiger partial charge in [-0.25, -0.2) is 4.98 Å². The Kier molecular flexibility index (Phi) is 3.98. The number of aromatic nitrogens is 1. The molecule has 0 amide bonds. The summed E-state index contributed by atoms with van der Waals surface area (Å²) in [5, 5.41) is 18.5. The molecule has 0 saturated heterocycles. The minimum absolute atomic E-state index is 0.0105. The Morgan fingerprint density at radius 1 is 1.38 bits per heavy atom. The molecule has 0 fully saturated rings. The molecule has 2 aromatic rings. The molecule has 21 heavy (non-hydrogen) atoms. The van der Waals surface area contributed by atoms with E-state index in [0.717, 1.165) is 0 Å². The maximum absolute atomic E-state index is 11.1. The number of methoxy groups -OCH3 is 1. The van der Waals surface area contributed by atoms with Crippen LogP contribution in [0.2, 0.25) is 0 Å². The Balaban J connectivity index is 2.45. The van der Waals surface area contributed by atoms with Gasteiger partial charge in [0.1, 0.15) is 17.3 Å². The van der Waals surface area contributed by atoms with E-state index in [1.807, 2.05) is 0 Å². The van der Waals surface area contributed by atoms with E-state index in [9.17, 15) is 10.1 Å². The summed E-state index contributed by atoms with van der Waals surface area (Å²) in [5.41, 5.74) is 5.26. The van der Waals surface area contributed by atoms with Crippen molar-refractivity contribution < 1.29 is 14.4 Å². The van der Waals surface area contributed by atoms with Gasteiger partial charge < -0.3 is 15.2 Å². The number of ether oxygens (including phenoxy) is 2. The van der Waals surface area contributed by atoms with Gasteiger partial charge in [0.15, 0.2) is 5.75 Å². The number of nitrogens with two attached hydrogens (primary N) is 1. The number of hydrogen-bond acceptors (Lipinski definition) is 6. The molecule has 1 heterocycles. The van der Waals surface area contributed by atoms with Gasteiger partial charge in [-0.2, -0.15) is 0 Å². The molecule has 0 aliphatic rings. The average molecular weight is 288 g/mol. The third-order valence-corrected chi connectivity index (χ3v) is 2.61. The normalized spacial score (nSPS) is 9.95. The van der Waals surface area contributed by atoms with E-state index in [4.69, 9.17) is 20.6 Å². The third kappa shape index (κ3) is 3.06. The van der Waals surface area contributed by atoms with E-state index < -0.39 is 4.92 Å². The second-order valence-electron chi connectivity index (χ2n) is 3.96. The highest BCUT2D eigenvalue weighted by Crippen LogP contribution is 2.35. The number of nitrogen functional groups attached to an aromatic ring is 1. The predicted molar refractivity (Wildman–Crippen MR) is 75.0 cm³/mol. The molecule has 0 aliphatic heterocycles. The van der Waals surface area contributed by atoms with Gasteiger partial charge >= 0.3 is 5.69 Å². The zero-order chi connectivity index (χ0) is 15.4. The molecule has 8 nitrogen and oxygen atoms in total. The highest BCUT2D eigenvalue weighted by molar-refractivity contribution is 5.95. The van der Waals surface area contributed by atoms with Crippen molar-refractivity contribution in [2.24, 2.45) is 5.73 Å². The zero-order valence-electron chi connectivity index (χ0n) is 11.1. The first kappa shape index (κ1) is 14.3. The summed E-state index contributed by atoms with van der Waals surface area (Å²) >= 11 is 0. The Morgan fingerprint density at radius 2 is 2.14 bits per heavy atom. The predicted octanol–water partition coefficient (Wildman–Crippen LogP) is 2.07. The van der Waals surface area contributed by atoms with Gasteiger partial charge in [0.25, 0.3) is 0 Å². The van der Waals surface area contributed by atoms with E-state index in [1.165, 1.54) is 37.6 Å². The first-order chi connectivity index (χ1) is 10.0. The van der Waals surface area contributed by atoms with Gasteiger partial charge in [-0.05, 0) is 24.3 Å². The van der Waals surface area contributed by atoms with Gasteiger partial charge in [-0.15, -0.1) is 0 Å². The van der Waals surface area contributed by atoms with Crippen LogP contribution in [-0.4, -0.2) is 22.9 Å². The molecule has 0 atom stereocenters. The molecule has 0 unspecified atom stereocenters. The lowest BCUT2D eigenvalue weighted by Crippen LogP contribution is -2.14. The van der Waals surface area contributed by atoms with Crippen molar-refractivity contribution in [1.29, 1.82) is 5.41 Å². The number of amidine groups is 1. The van der Waals surface area contributed by atoms with Crippen molar-refractivity contribution in [1.82, 2.24) is 4.98 Å². The van der Waals surface area contributed by atoms with E-state index in [1.54, 1.807) is 6.07 Å². The van der Waals surface area contributed by atoms with Crippen LogP contribution in [0, 0.1) is 15.5 Å². The minimum atomic E-state index is -0.582. The summed E-state index contributed by atoms with van der Waals surface area (Å²) in [5.74, 6) is 0.225. The van der Waals surface area contributed by atoms with Crippen molar-refractivity contribution >= 4 is 11.5 Å². The second-order valence-corrected chi connectivity index (χ2v) is 3.96. The number of hydrogen-bond donors (Lipinski definition) is 2. The van der Waals surface area contributed by atoms with E-state index >= 15 is 0 Å². The van der Waals surface area contributed by atoms with Crippen molar-refractivity contribution in [3.05, 3.63) is 52.3 Å². The molecule has 108 valence electrons. The lowest BCUT2D eigenvalue weighted by Gasteiger charge is -2.10. The number of nitro groups is 1. The van der Waals surface area contributed by atoms with Crippen LogP contribution in [0.3, 0.4) is 0 Å². The molecule has 1 aromatic heterocycles. The quantitative estimate of drug-likeness (QED) is 0.375. The van der Waals surface area contributed by atoms with E-state index in [-0.39, 0.29) is 28.7 Å². The Hall–Kier alpha value is -3.16. The Morgan fingerprint density at radius 3 is 2.76 bits per heavy atom. The van der Waals surface area contributed by atoms with Gasteiger partial charge in [0, 0.05) is 6.20 Å². The third-order valence-electron chi connectivity index (χ3n) is 2.61. The summed E-state index contributed by atoms with van der Waals surface area (Å²) in [6.45, 7) is 0. The van der Waals surface area contributed by atoms with Crippen molar-refractivity contribution in [2.45, 2.75) is 0 Å². The molecule has 0 bridgehead atoms. The second kappa shape index (κ2) is 5.87. The fraction of sp³-hybridized carbons (Fsp3) is 0.0769. The minimum Gasteiger partial charge on any atom is -0.496 e. The first-order valence-electron chi connectivity index (χ1n) is 5.82. The smallest absolute Gasteiger partial charge is 0.315 e. The van der Waals surface area contributed by atoms with Gasteiger partial charge in [0.05, 0.1) is 18.1 Å². The molecule has 1 aromatic carbocycles. The summed E-state index contributed by atoms with van der Waals surface area (Å²) in [4.78, 5) is 14.4. The molecule has 2 rings (SSSR count). The number of nitrogens with one attached hydrogen (secondary N) is 1. The highest BCUT2D eigenvalue weighted by Gasteiger charge is 2.19. The lowest BCUT2D eigenvalue weighted by molar-refractivity contribution is -0.385. The number of benzene rings is 1. The fourth-order valence-corrected chi connectivity index (χ4v) is 1.65. The fourth-order valence-electron chi connectivity index (χ4n) is 1.65. The van der Waals surface area contributed by atoms with E-state index in [0.29, 0.717) is 5.75 Å². The van der Waals surface area contributed by atoms with Crippen LogP contribution < -0.4 is 15.2 Å². The summed E-state index contributed by atoms with van der Waals surface area (Å²) < 4.78 is 10.4. The van der Waals surface area contributed by atoms with Crippen LogP contribution in [0.1, 0.15) is 5.69 Å². The number of pyridine rings is 1. The lowest BCUT2D eigenvalue weighted by atomic mass is 10.2. The number of nitrogens with zero attached hydrogens (tertiary/aromatic N) is 2. The van der Waals surface area contributed by atoms with E-state index in [2.05, 4.69) is 4.98 Å². The van der Waals surface area contributed by atoms with Gasteiger partial charge in [-0.1, -0.05) is 0 Å². The molecule has 0 radical (unpaired) electrons. The topological polar surface area (TPSA) is 124 Å². The Labute approximate surface area is 119 Å².